The minimum Gasteiger partial charge on any atom is -0.434 e. The lowest BCUT2D eigenvalue weighted by atomic mass is 10.0. The lowest BCUT2D eigenvalue weighted by Crippen LogP contribution is -2.30. The molecule has 1 heterocycles. The molecule has 0 aliphatic heterocycles. The molecule has 0 fully saturated rings. The van der Waals surface area contributed by atoms with Crippen molar-refractivity contribution >= 4 is 29.0 Å². The number of carbonyl (C=O) groups is 1. The van der Waals surface area contributed by atoms with Gasteiger partial charge in [-0.3, -0.25) is 4.79 Å². The van der Waals surface area contributed by atoms with Crippen LogP contribution in [0.4, 0.5) is 8.78 Å². The highest BCUT2D eigenvalue weighted by molar-refractivity contribution is 7.99. The molecule has 1 aromatic heterocycles. The quantitative estimate of drug-likeness (QED) is 0.687. The first-order valence-corrected chi connectivity index (χ1v) is 9.84. The maximum Gasteiger partial charge on any atom is 0.387 e. The second-order valence-electron chi connectivity index (χ2n) is 5.30. The monoisotopic (exact) mass is 386 g/mol. The number of aryl methyl sites for hydroxylation is 1. The van der Waals surface area contributed by atoms with E-state index in [2.05, 4.69) is 15.0 Å². The van der Waals surface area contributed by atoms with E-state index in [1.807, 2.05) is 19.2 Å². The summed E-state index contributed by atoms with van der Waals surface area (Å²) in [6.45, 7) is 0.928. The van der Waals surface area contributed by atoms with E-state index in [0.29, 0.717) is 17.7 Å². The molecule has 0 saturated carbocycles. The van der Waals surface area contributed by atoms with E-state index in [9.17, 15) is 13.6 Å². The van der Waals surface area contributed by atoms with Gasteiger partial charge in [0.2, 0.25) is 5.91 Å². The third-order valence-corrected chi connectivity index (χ3v) is 5.19. The van der Waals surface area contributed by atoms with Gasteiger partial charge in [0.15, 0.2) is 0 Å². The Morgan fingerprint density at radius 1 is 1.40 bits per heavy atom. The van der Waals surface area contributed by atoms with E-state index in [1.54, 1.807) is 29.5 Å². The zero-order chi connectivity index (χ0) is 18.2. The summed E-state index contributed by atoms with van der Waals surface area (Å²) in [5.41, 5.74) is 1.52. The van der Waals surface area contributed by atoms with Crippen LogP contribution in [0.15, 0.2) is 29.6 Å². The van der Waals surface area contributed by atoms with Crippen LogP contribution in [0.3, 0.4) is 0 Å². The second-order valence-corrected chi connectivity index (χ2v) is 7.34. The van der Waals surface area contributed by atoms with Crippen molar-refractivity contribution in [3.05, 3.63) is 45.9 Å². The molecule has 0 aliphatic rings. The molecular weight excluding hydrogens is 366 g/mol. The standard InChI is InChI=1S/C17H20F2N2O2S2/c1-3-14(13-6-4-5-7-15(13)23-17(18)19)21-16(22)10-24-8-12-9-25-11(2)20-12/h4-7,9,14,17H,3,8,10H2,1-2H3,(H,21,22)/t14-/m0/s1. The number of ether oxygens (including phenoxy) is 1. The summed E-state index contributed by atoms with van der Waals surface area (Å²) in [5.74, 6) is 0.899. The maximum absolute atomic E-state index is 12.5. The number of carbonyl (C=O) groups excluding carboxylic acids is 1. The molecule has 0 saturated heterocycles. The number of rotatable bonds is 9. The smallest absolute Gasteiger partial charge is 0.387 e. The summed E-state index contributed by atoms with van der Waals surface area (Å²) < 4.78 is 29.6. The molecule has 8 heteroatoms. The van der Waals surface area contributed by atoms with E-state index in [1.165, 1.54) is 17.8 Å². The zero-order valence-corrected chi connectivity index (χ0v) is 15.6. The normalized spacial score (nSPS) is 12.2. The van der Waals surface area contributed by atoms with Crippen LogP contribution in [-0.2, 0) is 10.5 Å². The van der Waals surface area contributed by atoms with E-state index in [0.717, 1.165) is 10.7 Å². The first kappa shape index (κ1) is 19.7. The molecule has 0 bridgehead atoms. The molecule has 4 nitrogen and oxygen atoms in total. The summed E-state index contributed by atoms with van der Waals surface area (Å²) >= 11 is 3.05. The molecule has 0 spiro atoms. The molecule has 0 unspecified atom stereocenters. The Morgan fingerprint density at radius 3 is 2.80 bits per heavy atom. The Labute approximate surface area is 154 Å². The van der Waals surface area contributed by atoms with E-state index >= 15 is 0 Å². The highest BCUT2D eigenvalue weighted by atomic mass is 32.2. The Bertz CT molecular complexity index is 695. The highest BCUT2D eigenvalue weighted by Gasteiger charge is 2.18. The molecule has 136 valence electrons. The van der Waals surface area contributed by atoms with Crippen LogP contribution in [-0.4, -0.2) is 23.3 Å². The largest absolute Gasteiger partial charge is 0.434 e. The van der Waals surface area contributed by atoms with Gasteiger partial charge in [-0.05, 0) is 19.4 Å². The fourth-order valence-electron chi connectivity index (χ4n) is 2.33. The number of alkyl halides is 2. The Morgan fingerprint density at radius 2 is 2.16 bits per heavy atom. The van der Waals surface area contributed by atoms with Gasteiger partial charge in [0, 0.05) is 16.7 Å². The van der Waals surface area contributed by atoms with Crippen LogP contribution >= 0.6 is 23.1 Å². The van der Waals surface area contributed by atoms with E-state index in [-0.39, 0.29) is 23.5 Å². The van der Waals surface area contributed by atoms with Gasteiger partial charge in [0.1, 0.15) is 5.75 Å². The predicted octanol–water partition coefficient (Wildman–Crippen LogP) is 4.55. The van der Waals surface area contributed by atoms with Crippen molar-refractivity contribution in [1.29, 1.82) is 0 Å². The third-order valence-electron chi connectivity index (χ3n) is 3.40. The van der Waals surface area contributed by atoms with Crippen molar-refractivity contribution in [2.75, 3.05) is 5.75 Å². The summed E-state index contributed by atoms with van der Waals surface area (Å²) in [4.78, 5) is 16.5. The van der Waals surface area contributed by atoms with Crippen molar-refractivity contribution in [2.45, 2.75) is 38.7 Å². The summed E-state index contributed by atoms with van der Waals surface area (Å²) in [6.07, 6.45) is 0.575. The topological polar surface area (TPSA) is 51.2 Å². The molecule has 25 heavy (non-hydrogen) atoms. The SMILES string of the molecule is CC[C@H](NC(=O)CSCc1csc(C)n1)c1ccccc1OC(F)F. The van der Waals surface area contributed by atoms with Gasteiger partial charge in [-0.1, -0.05) is 25.1 Å². The van der Waals surface area contributed by atoms with Crippen molar-refractivity contribution in [3.8, 4) is 5.75 Å². The fourth-order valence-corrected chi connectivity index (χ4v) is 3.78. The van der Waals surface area contributed by atoms with Gasteiger partial charge in [0.25, 0.3) is 0 Å². The lowest BCUT2D eigenvalue weighted by Gasteiger charge is -2.20. The van der Waals surface area contributed by atoms with Gasteiger partial charge in [-0.15, -0.1) is 23.1 Å². The number of hydrogen-bond donors (Lipinski definition) is 1. The molecule has 0 radical (unpaired) electrons. The third kappa shape index (κ3) is 6.28. The van der Waals surface area contributed by atoms with E-state index < -0.39 is 6.61 Å². The lowest BCUT2D eigenvalue weighted by molar-refractivity contribution is -0.119. The summed E-state index contributed by atoms with van der Waals surface area (Å²) in [6, 6.07) is 6.17. The first-order chi connectivity index (χ1) is 12.0. The maximum atomic E-state index is 12.5. The van der Waals surface area contributed by atoms with Crippen LogP contribution in [0.2, 0.25) is 0 Å². The minimum absolute atomic E-state index is 0.0928. The Hall–Kier alpha value is -1.67. The van der Waals surface area contributed by atoms with Crippen molar-refractivity contribution in [2.24, 2.45) is 0 Å². The molecule has 1 atom stereocenters. The predicted molar refractivity (Wildman–Crippen MR) is 97.3 cm³/mol. The number of thioether (sulfide) groups is 1. The van der Waals surface area contributed by atoms with Gasteiger partial charge in [-0.25, -0.2) is 4.98 Å². The van der Waals surface area contributed by atoms with E-state index in [4.69, 9.17) is 0 Å². The zero-order valence-electron chi connectivity index (χ0n) is 14.0. The first-order valence-electron chi connectivity index (χ1n) is 7.81. The Kier molecular flexibility index (Phi) is 7.64. The van der Waals surface area contributed by atoms with Crippen LogP contribution in [0.5, 0.6) is 5.75 Å². The highest BCUT2D eigenvalue weighted by Crippen LogP contribution is 2.28. The van der Waals surface area contributed by atoms with Gasteiger partial charge in [0.05, 0.1) is 22.5 Å². The van der Waals surface area contributed by atoms with Gasteiger partial charge in [-0.2, -0.15) is 8.78 Å². The van der Waals surface area contributed by atoms with Crippen LogP contribution in [0, 0.1) is 6.92 Å². The molecule has 1 N–H and O–H groups in total. The fraction of sp³-hybridized carbons (Fsp3) is 0.412. The number of benzene rings is 1. The number of nitrogens with one attached hydrogen (secondary N) is 1. The number of thiazole rings is 1. The van der Waals surface area contributed by atoms with Gasteiger partial charge < -0.3 is 10.1 Å². The second kappa shape index (κ2) is 9.72. The molecule has 2 aromatic rings. The summed E-state index contributed by atoms with van der Waals surface area (Å²) in [7, 11) is 0. The molecular formula is C17H20F2N2O2S2. The Balaban J connectivity index is 1.91. The number of para-hydroxylation sites is 1. The molecule has 0 aliphatic carbocycles. The van der Waals surface area contributed by atoms with Crippen molar-refractivity contribution < 1.29 is 18.3 Å². The molecule has 1 aromatic carbocycles. The van der Waals surface area contributed by atoms with Crippen molar-refractivity contribution in [1.82, 2.24) is 10.3 Å². The molecule has 2 rings (SSSR count). The number of nitrogens with zero attached hydrogens (tertiary/aromatic N) is 1. The van der Waals surface area contributed by atoms with Crippen molar-refractivity contribution in [3.63, 3.8) is 0 Å². The van der Waals surface area contributed by atoms with Gasteiger partial charge >= 0.3 is 6.61 Å². The number of halogens is 2. The van der Waals surface area contributed by atoms with Crippen LogP contribution in [0.25, 0.3) is 0 Å². The summed E-state index contributed by atoms with van der Waals surface area (Å²) in [5, 5.41) is 5.87. The number of aromatic nitrogens is 1. The van der Waals surface area contributed by atoms with Crippen LogP contribution < -0.4 is 10.1 Å². The molecule has 1 amide bonds. The minimum atomic E-state index is -2.90. The van der Waals surface area contributed by atoms with Crippen LogP contribution in [0.1, 0.15) is 35.7 Å². The number of hydrogen-bond acceptors (Lipinski definition) is 5. The average Bonchev–Trinajstić information content (AvgIpc) is 2.98. The number of amides is 1. The average molecular weight is 386 g/mol.